The first-order valence-electron chi connectivity index (χ1n) is 6.88. The van der Waals surface area contributed by atoms with Gasteiger partial charge >= 0.3 is 0 Å². The molecule has 1 saturated carbocycles. The van der Waals surface area contributed by atoms with Gasteiger partial charge in [-0.25, -0.2) is 4.98 Å². The number of alkyl halides is 1. The number of rotatable bonds is 3. The van der Waals surface area contributed by atoms with Gasteiger partial charge in [0.15, 0.2) is 0 Å². The van der Waals surface area contributed by atoms with E-state index >= 15 is 0 Å². The van der Waals surface area contributed by atoms with Gasteiger partial charge in [-0.3, -0.25) is 0 Å². The van der Waals surface area contributed by atoms with Crippen LogP contribution in [0.5, 0.6) is 0 Å². The minimum atomic E-state index is 0.360. The van der Waals surface area contributed by atoms with Gasteiger partial charge in [-0.05, 0) is 24.7 Å². The molecule has 0 radical (unpaired) electrons. The molecule has 3 unspecified atom stereocenters. The van der Waals surface area contributed by atoms with Crippen molar-refractivity contribution < 1.29 is 0 Å². The second-order valence-corrected chi connectivity index (χ2v) is 6.91. The van der Waals surface area contributed by atoms with Crippen molar-refractivity contribution in [2.75, 3.05) is 0 Å². The van der Waals surface area contributed by atoms with E-state index in [2.05, 4.69) is 36.6 Å². The summed E-state index contributed by atoms with van der Waals surface area (Å²) < 4.78 is 0. The highest BCUT2D eigenvalue weighted by molar-refractivity contribution is 7.09. The lowest BCUT2D eigenvalue weighted by atomic mass is 9.95. The minimum Gasteiger partial charge on any atom is -0.241 e. The average Bonchev–Trinajstić information content (AvgIpc) is 3.02. The number of benzene rings is 1. The van der Waals surface area contributed by atoms with Crippen LogP contribution in [0.3, 0.4) is 0 Å². The number of nitrogens with zero attached hydrogens (tertiary/aromatic N) is 1. The normalized spacial score (nSPS) is 26.7. The largest absolute Gasteiger partial charge is 0.241 e. The van der Waals surface area contributed by atoms with E-state index in [-0.39, 0.29) is 0 Å². The molecule has 1 fully saturated rings. The monoisotopic (exact) mass is 291 g/mol. The topological polar surface area (TPSA) is 12.9 Å². The summed E-state index contributed by atoms with van der Waals surface area (Å²) in [4.78, 5) is 4.78. The van der Waals surface area contributed by atoms with Gasteiger partial charge in [-0.15, -0.1) is 22.9 Å². The molecule has 0 amide bonds. The van der Waals surface area contributed by atoms with E-state index in [1.54, 1.807) is 11.3 Å². The first-order chi connectivity index (χ1) is 9.24. The zero-order valence-electron chi connectivity index (χ0n) is 11.1. The number of hydrogen-bond donors (Lipinski definition) is 0. The summed E-state index contributed by atoms with van der Waals surface area (Å²) in [6, 6.07) is 10.4. The Labute approximate surface area is 123 Å². The van der Waals surface area contributed by atoms with Gasteiger partial charge in [0.2, 0.25) is 0 Å². The van der Waals surface area contributed by atoms with E-state index in [4.69, 9.17) is 16.6 Å². The highest BCUT2D eigenvalue weighted by atomic mass is 35.5. The van der Waals surface area contributed by atoms with E-state index in [9.17, 15) is 0 Å². The molecule has 1 aromatic heterocycles. The zero-order chi connectivity index (χ0) is 13.2. The van der Waals surface area contributed by atoms with Gasteiger partial charge in [-0.2, -0.15) is 0 Å². The van der Waals surface area contributed by atoms with Gasteiger partial charge in [0.1, 0.15) is 0 Å². The summed E-state index contributed by atoms with van der Waals surface area (Å²) in [7, 11) is 0. The number of hydrogen-bond acceptors (Lipinski definition) is 2. The molecule has 2 aromatic rings. The molecule has 3 atom stereocenters. The Morgan fingerprint density at radius 3 is 2.74 bits per heavy atom. The quantitative estimate of drug-likeness (QED) is 0.725. The summed E-state index contributed by atoms with van der Waals surface area (Å²) in [5.41, 5.74) is 2.31. The van der Waals surface area contributed by atoms with E-state index in [1.807, 2.05) is 6.07 Å². The third-order valence-electron chi connectivity index (χ3n) is 4.19. The first kappa shape index (κ1) is 13.1. The average molecular weight is 292 g/mol. The van der Waals surface area contributed by atoms with Crippen LogP contribution in [-0.4, -0.2) is 10.4 Å². The standard InChI is InChI=1S/C16H18ClNS/c1-11-13(7-8-14(11)17)9-16-18-15(10-19-16)12-5-3-2-4-6-12/h2-6,10-11,13-14H,7-9H2,1H3. The lowest BCUT2D eigenvalue weighted by Gasteiger charge is -2.15. The number of aromatic nitrogens is 1. The maximum absolute atomic E-state index is 6.31. The summed E-state index contributed by atoms with van der Waals surface area (Å²) in [6.07, 6.45) is 3.49. The molecule has 0 bridgehead atoms. The smallest absolute Gasteiger partial charge is 0.0935 e. The molecule has 1 nitrogen and oxygen atoms in total. The lowest BCUT2D eigenvalue weighted by molar-refractivity contribution is 0.419. The maximum Gasteiger partial charge on any atom is 0.0935 e. The predicted octanol–water partition coefficient (Wildman–Crippen LogP) is 5.01. The third-order valence-corrected chi connectivity index (χ3v) is 5.67. The molecule has 1 aliphatic rings. The highest BCUT2D eigenvalue weighted by Crippen LogP contribution is 2.38. The van der Waals surface area contributed by atoms with E-state index < -0.39 is 0 Å². The molecular formula is C16H18ClNS. The Kier molecular flexibility index (Phi) is 3.90. The first-order valence-corrected chi connectivity index (χ1v) is 8.19. The molecule has 3 heteroatoms. The molecule has 0 N–H and O–H groups in total. The minimum absolute atomic E-state index is 0.360. The van der Waals surface area contributed by atoms with Crippen molar-refractivity contribution in [3.8, 4) is 11.3 Å². The van der Waals surface area contributed by atoms with Gasteiger partial charge < -0.3 is 0 Å². The van der Waals surface area contributed by atoms with Crippen LogP contribution >= 0.6 is 22.9 Å². The van der Waals surface area contributed by atoms with Crippen molar-refractivity contribution in [2.24, 2.45) is 11.8 Å². The molecule has 0 saturated heterocycles. The second-order valence-electron chi connectivity index (χ2n) is 5.41. The van der Waals surface area contributed by atoms with E-state index in [1.165, 1.54) is 17.0 Å². The Morgan fingerprint density at radius 1 is 1.26 bits per heavy atom. The molecule has 3 rings (SSSR count). The van der Waals surface area contributed by atoms with Crippen molar-refractivity contribution in [2.45, 2.75) is 31.6 Å². The molecule has 19 heavy (non-hydrogen) atoms. The van der Waals surface area contributed by atoms with Crippen molar-refractivity contribution in [3.05, 3.63) is 40.7 Å². The fraction of sp³-hybridized carbons (Fsp3) is 0.438. The number of halogens is 1. The van der Waals surface area contributed by atoms with Crippen molar-refractivity contribution >= 4 is 22.9 Å². The van der Waals surface area contributed by atoms with Crippen molar-refractivity contribution in [3.63, 3.8) is 0 Å². The SMILES string of the molecule is CC1C(Cl)CCC1Cc1nc(-c2ccccc2)cs1. The fourth-order valence-corrected chi connectivity index (χ4v) is 4.08. The molecule has 100 valence electrons. The van der Waals surface area contributed by atoms with E-state index in [0.29, 0.717) is 17.2 Å². The summed E-state index contributed by atoms with van der Waals surface area (Å²) in [5, 5.41) is 3.78. The summed E-state index contributed by atoms with van der Waals surface area (Å²) in [5.74, 6) is 1.32. The maximum atomic E-state index is 6.31. The van der Waals surface area contributed by atoms with Crippen LogP contribution < -0.4 is 0 Å². The molecule has 0 spiro atoms. The second kappa shape index (κ2) is 5.64. The molecule has 1 heterocycles. The number of thiazole rings is 1. The Bertz CT molecular complexity index is 537. The van der Waals surface area contributed by atoms with Gasteiger partial charge in [0, 0.05) is 22.7 Å². The summed E-state index contributed by atoms with van der Waals surface area (Å²) in [6.45, 7) is 2.28. The van der Waals surface area contributed by atoms with Crippen LogP contribution in [0.25, 0.3) is 11.3 Å². The van der Waals surface area contributed by atoms with Crippen LogP contribution in [0, 0.1) is 11.8 Å². The van der Waals surface area contributed by atoms with Crippen LogP contribution in [0.2, 0.25) is 0 Å². The van der Waals surface area contributed by atoms with Crippen molar-refractivity contribution in [1.82, 2.24) is 4.98 Å². The third kappa shape index (κ3) is 2.85. The Balaban J connectivity index is 1.72. The fourth-order valence-electron chi connectivity index (χ4n) is 2.85. The highest BCUT2D eigenvalue weighted by Gasteiger charge is 2.31. The van der Waals surface area contributed by atoms with E-state index in [0.717, 1.165) is 18.5 Å². The van der Waals surface area contributed by atoms with Gasteiger partial charge in [0.05, 0.1) is 10.7 Å². The predicted molar refractivity (Wildman–Crippen MR) is 82.8 cm³/mol. The summed E-state index contributed by atoms with van der Waals surface area (Å²) >= 11 is 8.09. The van der Waals surface area contributed by atoms with Crippen LogP contribution in [0.4, 0.5) is 0 Å². The van der Waals surface area contributed by atoms with Crippen LogP contribution in [0.15, 0.2) is 35.7 Å². The Morgan fingerprint density at radius 2 is 2.05 bits per heavy atom. The molecule has 1 aliphatic carbocycles. The van der Waals surface area contributed by atoms with Crippen LogP contribution in [-0.2, 0) is 6.42 Å². The molecular weight excluding hydrogens is 274 g/mol. The Hall–Kier alpha value is -0.860. The zero-order valence-corrected chi connectivity index (χ0v) is 12.6. The van der Waals surface area contributed by atoms with Gasteiger partial charge in [-0.1, -0.05) is 37.3 Å². The van der Waals surface area contributed by atoms with Crippen LogP contribution in [0.1, 0.15) is 24.8 Å². The lowest BCUT2D eigenvalue weighted by Crippen LogP contribution is -2.13. The van der Waals surface area contributed by atoms with Gasteiger partial charge in [0.25, 0.3) is 0 Å². The van der Waals surface area contributed by atoms with Crippen molar-refractivity contribution in [1.29, 1.82) is 0 Å². The molecule has 1 aromatic carbocycles. The molecule has 0 aliphatic heterocycles.